The van der Waals surface area contributed by atoms with Gasteiger partial charge in [0.1, 0.15) is 40.5 Å². The van der Waals surface area contributed by atoms with Crippen LogP contribution < -0.4 is 19.9 Å². The molecule has 4 aromatic rings. The van der Waals surface area contributed by atoms with Crippen LogP contribution in [0.25, 0.3) is 0 Å². The van der Waals surface area contributed by atoms with Crippen LogP contribution in [-0.2, 0) is 0 Å². The van der Waals surface area contributed by atoms with Gasteiger partial charge in [-0.2, -0.15) is 5.26 Å². The number of nitrogens with two attached hydrogens (primary N) is 1. The Bertz CT molecular complexity index is 1530. The second kappa shape index (κ2) is 9.65. The molecule has 0 spiro atoms. The number of allylic oxidation sites excluding steroid dienone is 1. The van der Waals surface area contributed by atoms with E-state index < -0.39 is 17.7 Å². The lowest BCUT2D eigenvalue weighted by Gasteiger charge is -2.27. The number of para-hydroxylation sites is 1. The summed E-state index contributed by atoms with van der Waals surface area (Å²) in [5.41, 5.74) is 7.59. The van der Waals surface area contributed by atoms with Crippen molar-refractivity contribution in [2.24, 2.45) is 5.73 Å². The normalized spacial score (nSPS) is 14.3. The molecule has 1 unspecified atom stereocenters. The van der Waals surface area contributed by atoms with Gasteiger partial charge < -0.3 is 19.9 Å². The maximum Gasteiger partial charge on any atom is 0.346 e. The summed E-state index contributed by atoms with van der Waals surface area (Å²) < 4.78 is 31.0. The Hall–Kier alpha value is -5.09. The van der Waals surface area contributed by atoms with Crippen molar-refractivity contribution in [2.75, 3.05) is 0 Å². The summed E-state index contributed by atoms with van der Waals surface area (Å²) in [5.74, 6) is -0.360. The molecule has 0 fully saturated rings. The molecule has 0 aromatic heterocycles. The van der Waals surface area contributed by atoms with Gasteiger partial charge in [0.25, 0.3) is 0 Å². The number of carbonyl (C=O) groups excluding carboxylic acids is 1. The smallest absolute Gasteiger partial charge is 0.346 e. The van der Waals surface area contributed by atoms with Gasteiger partial charge in [-0.1, -0.05) is 48.5 Å². The van der Waals surface area contributed by atoms with Crippen molar-refractivity contribution in [2.45, 2.75) is 5.92 Å². The molecule has 36 heavy (non-hydrogen) atoms. The molecule has 1 aliphatic heterocycles. The van der Waals surface area contributed by atoms with Gasteiger partial charge in [0.15, 0.2) is 0 Å². The summed E-state index contributed by atoms with van der Waals surface area (Å²) in [6.45, 7) is 0. The van der Waals surface area contributed by atoms with Gasteiger partial charge in [0, 0.05) is 11.6 Å². The Kier molecular flexibility index (Phi) is 6.08. The van der Waals surface area contributed by atoms with Crippen LogP contribution in [0, 0.1) is 17.1 Å². The number of benzene rings is 4. The van der Waals surface area contributed by atoms with Crippen LogP contribution in [0.1, 0.15) is 27.4 Å². The Morgan fingerprint density at radius 3 is 2.42 bits per heavy atom. The number of ether oxygens (including phenoxy) is 3. The second-order valence-electron chi connectivity index (χ2n) is 7.98. The number of hydrogen-bond acceptors (Lipinski definition) is 6. The number of esters is 1. The average Bonchev–Trinajstić information content (AvgIpc) is 2.89. The molecule has 176 valence electrons. The molecule has 2 N–H and O–H groups in total. The van der Waals surface area contributed by atoms with E-state index in [2.05, 4.69) is 6.07 Å². The number of hydrogen-bond donors (Lipinski definition) is 1. The van der Waals surface area contributed by atoms with E-state index in [0.29, 0.717) is 22.8 Å². The first-order valence-electron chi connectivity index (χ1n) is 11.0. The van der Waals surface area contributed by atoms with Crippen LogP contribution in [0.4, 0.5) is 4.39 Å². The second-order valence-corrected chi connectivity index (χ2v) is 7.98. The molecule has 7 heteroatoms. The highest BCUT2D eigenvalue weighted by Gasteiger charge is 2.31. The molecular weight excluding hydrogens is 459 g/mol. The van der Waals surface area contributed by atoms with E-state index in [9.17, 15) is 14.4 Å². The number of fused-ring (bicyclic) bond motifs is 1. The first kappa shape index (κ1) is 22.7. The number of carbonyl (C=O) groups is 1. The van der Waals surface area contributed by atoms with Crippen LogP contribution in [0.15, 0.2) is 109 Å². The molecule has 1 heterocycles. The maximum atomic E-state index is 14.0. The van der Waals surface area contributed by atoms with Crippen molar-refractivity contribution < 1.29 is 23.4 Å². The van der Waals surface area contributed by atoms with E-state index in [1.807, 2.05) is 54.6 Å². The lowest BCUT2D eigenvalue weighted by molar-refractivity contribution is 0.0729. The highest BCUT2D eigenvalue weighted by atomic mass is 19.1. The van der Waals surface area contributed by atoms with E-state index in [1.54, 1.807) is 18.2 Å². The third-order valence-corrected chi connectivity index (χ3v) is 5.67. The Morgan fingerprint density at radius 2 is 1.64 bits per heavy atom. The molecule has 4 aromatic carbocycles. The fourth-order valence-electron chi connectivity index (χ4n) is 4.01. The summed E-state index contributed by atoms with van der Waals surface area (Å²) in [5, 5.41) is 9.84. The van der Waals surface area contributed by atoms with E-state index in [0.717, 1.165) is 5.56 Å². The van der Waals surface area contributed by atoms with Gasteiger partial charge in [0.05, 0.1) is 11.5 Å². The van der Waals surface area contributed by atoms with Gasteiger partial charge >= 0.3 is 5.97 Å². The minimum Gasteiger partial charge on any atom is -0.457 e. The van der Waals surface area contributed by atoms with Crippen molar-refractivity contribution in [3.05, 3.63) is 131 Å². The van der Waals surface area contributed by atoms with Crippen LogP contribution in [0.2, 0.25) is 0 Å². The Labute approximate surface area is 206 Å². The maximum absolute atomic E-state index is 14.0. The zero-order valence-corrected chi connectivity index (χ0v) is 18.9. The fourth-order valence-corrected chi connectivity index (χ4v) is 4.01. The van der Waals surface area contributed by atoms with E-state index in [-0.39, 0.29) is 22.8 Å². The van der Waals surface area contributed by atoms with Crippen molar-refractivity contribution in [3.8, 4) is 29.1 Å². The quantitative estimate of drug-likeness (QED) is 0.277. The number of nitriles is 1. The number of nitrogens with zero attached hydrogens (tertiary/aromatic N) is 1. The van der Waals surface area contributed by atoms with Crippen LogP contribution in [-0.4, -0.2) is 5.97 Å². The molecule has 1 atom stereocenters. The van der Waals surface area contributed by atoms with Crippen molar-refractivity contribution in [1.82, 2.24) is 0 Å². The summed E-state index contributed by atoms with van der Waals surface area (Å²) in [6.07, 6.45) is 0. The highest BCUT2D eigenvalue weighted by Crippen LogP contribution is 2.44. The van der Waals surface area contributed by atoms with Gasteiger partial charge in [-0.05, 0) is 48.0 Å². The first-order valence-corrected chi connectivity index (χ1v) is 11.0. The monoisotopic (exact) mass is 478 g/mol. The molecule has 0 radical (unpaired) electrons. The van der Waals surface area contributed by atoms with E-state index in [4.69, 9.17) is 19.9 Å². The van der Waals surface area contributed by atoms with Crippen LogP contribution in [0.3, 0.4) is 0 Å². The predicted molar refractivity (Wildman–Crippen MR) is 130 cm³/mol. The minimum absolute atomic E-state index is 0.0537. The van der Waals surface area contributed by atoms with Gasteiger partial charge in [-0.3, -0.25) is 0 Å². The molecular formula is C29H19FN2O4. The lowest BCUT2D eigenvalue weighted by Crippen LogP contribution is -2.21. The van der Waals surface area contributed by atoms with E-state index >= 15 is 0 Å². The number of rotatable bonds is 5. The van der Waals surface area contributed by atoms with Crippen molar-refractivity contribution in [3.63, 3.8) is 0 Å². The van der Waals surface area contributed by atoms with E-state index in [1.165, 1.54) is 24.3 Å². The number of halogens is 1. The summed E-state index contributed by atoms with van der Waals surface area (Å²) >= 11 is 0. The zero-order valence-electron chi connectivity index (χ0n) is 18.9. The standard InChI is InChI=1S/C29H19FN2O4/c30-25-12-5-4-11-22(25)29(33)35-21-13-14-23-26(16-21)36-28(32)24(17-31)27(23)18-7-6-10-20(15-18)34-19-8-2-1-3-9-19/h1-16,27H,32H2. The Balaban J connectivity index is 1.48. The zero-order chi connectivity index (χ0) is 25.1. The molecule has 0 amide bonds. The molecule has 0 aliphatic carbocycles. The average molecular weight is 478 g/mol. The largest absolute Gasteiger partial charge is 0.457 e. The third kappa shape index (κ3) is 4.48. The summed E-state index contributed by atoms with van der Waals surface area (Å²) in [6, 6.07) is 29.2. The molecule has 5 rings (SSSR count). The van der Waals surface area contributed by atoms with Crippen LogP contribution in [0.5, 0.6) is 23.0 Å². The molecule has 6 nitrogen and oxygen atoms in total. The molecule has 0 bridgehead atoms. The summed E-state index contributed by atoms with van der Waals surface area (Å²) in [7, 11) is 0. The summed E-state index contributed by atoms with van der Waals surface area (Å²) in [4.78, 5) is 12.4. The van der Waals surface area contributed by atoms with Gasteiger partial charge in [-0.15, -0.1) is 0 Å². The highest BCUT2D eigenvalue weighted by molar-refractivity contribution is 5.91. The molecule has 1 aliphatic rings. The minimum atomic E-state index is -0.840. The van der Waals surface area contributed by atoms with Crippen LogP contribution >= 0.6 is 0 Å². The first-order chi connectivity index (χ1) is 17.5. The topological polar surface area (TPSA) is 94.6 Å². The van der Waals surface area contributed by atoms with Crippen molar-refractivity contribution in [1.29, 1.82) is 5.26 Å². The fraction of sp³-hybridized carbons (Fsp3) is 0.0345. The molecule has 0 saturated carbocycles. The van der Waals surface area contributed by atoms with Gasteiger partial charge in [-0.25, -0.2) is 9.18 Å². The SMILES string of the molecule is N#CC1=C(N)Oc2cc(OC(=O)c3ccccc3F)ccc2C1c1cccc(Oc2ccccc2)c1. The van der Waals surface area contributed by atoms with Gasteiger partial charge in [0.2, 0.25) is 5.88 Å². The Morgan fingerprint density at radius 1 is 0.889 bits per heavy atom. The predicted octanol–water partition coefficient (Wildman–Crippen LogP) is 6.06. The molecule has 0 saturated heterocycles. The third-order valence-electron chi connectivity index (χ3n) is 5.67. The van der Waals surface area contributed by atoms with Crippen molar-refractivity contribution >= 4 is 5.97 Å². The lowest BCUT2D eigenvalue weighted by atomic mass is 9.83.